The molecule has 144 valence electrons. The van der Waals surface area contributed by atoms with Crippen LogP contribution in [0.4, 0.5) is 5.69 Å². The molecule has 1 aromatic heterocycles. The van der Waals surface area contributed by atoms with Crippen LogP contribution in [0.2, 0.25) is 0 Å². The lowest BCUT2D eigenvalue weighted by molar-refractivity contribution is -0.115. The van der Waals surface area contributed by atoms with Gasteiger partial charge in [0.05, 0.1) is 6.07 Å². The summed E-state index contributed by atoms with van der Waals surface area (Å²) >= 11 is 3.39. The van der Waals surface area contributed by atoms with E-state index in [4.69, 9.17) is 5.26 Å². The highest BCUT2D eigenvalue weighted by Crippen LogP contribution is 2.11. The van der Waals surface area contributed by atoms with Gasteiger partial charge in [0.1, 0.15) is 21.8 Å². The molecule has 0 bridgehead atoms. The van der Waals surface area contributed by atoms with Gasteiger partial charge < -0.3 is 10.6 Å². The number of thiazole rings is 1. The Kier molecular flexibility index (Phi) is 8.23. The van der Waals surface area contributed by atoms with Gasteiger partial charge in [0.2, 0.25) is 0 Å². The zero-order chi connectivity index (χ0) is 20.5. The molecule has 9 heteroatoms. The van der Waals surface area contributed by atoms with Gasteiger partial charge in [-0.3, -0.25) is 14.2 Å². The molecule has 0 aliphatic carbocycles. The van der Waals surface area contributed by atoms with E-state index in [0.29, 0.717) is 11.1 Å². The van der Waals surface area contributed by atoms with Gasteiger partial charge in [0.25, 0.3) is 11.5 Å². The third-order valence-corrected chi connectivity index (χ3v) is 5.45. The van der Waals surface area contributed by atoms with Gasteiger partial charge in [-0.05, 0) is 31.0 Å². The van der Waals surface area contributed by atoms with Crippen LogP contribution in [0.5, 0.6) is 0 Å². The predicted molar refractivity (Wildman–Crippen MR) is 118 cm³/mol. The number of benzene rings is 1. The summed E-state index contributed by atoms with van der Waals surface area (Å²) in [6.07, 6.45) is 2.55. The number of anilines is 1. The first-order chi connectivity index (χ1) is 13.5. The topological polar surface area (TPSA) is 111 Å². The fraction of sp³-hybridized carbons (Fsp3) is 0.263. The lowest BCUT2D eigenvalue weighted by atomic mass is 10.1. The maximum Gasteiger partial charge on any atom is 0.270 e. The van der Waals surface area contributed by atoms with E-state index in [1.807, 2.05) is 30.3 Å². The van der Waals surface area contributed by atoms with E-state index in [-0.39, 0.29) is 22.3 Å². The molecule has 0 aliphatic rings. The second kappa shape index (κ2) is 10.6. The minimum Gasteiger partial charge on any atom is -0.360 e. The number of nitrogens with one attached hydrogen (secondary N) is 2. The molecule has 0 saturated heterocycles. The molecule has 1 amide bonds. The Hall–Kier alpha value is -2.63. The van der Waals surface area contributed by atoms with Crippen LogP contribution in [-0.4, -0.2) is 21.4 Å². The monoisotopic (exact) mass is 507 g/mol. The molecule has 0 atom stereocenters. The number of amides is 1. The summed E-state index contributed by atoms with van der Waals surface area (Å²) < 4.78 is 3.06. The van der Waals surface area contributed by atoms with Crippen molar-refractivity contribution in [2.75, 3.05) is 16.3 Å². The lowest BCUT2D eigenvalue weighted by Gasteiger charge is -2.03. The normalized spacial score (nSPS) is 12.1. The number of alkyl halides is 1. The van der Waals surface area contributed by atoms with Crippen molar-refractivity contribution in [3.05, 3.63) is 49.4 Å². The number of hydrogen-bond donors (Lipinski definition) is 2. The Bertz CT molecular complexity index is 1120. The van der Waals surface area contributed by atoms with Gasteiger partial charge >= 0.3 is 0 Å². The maximum absolute atomic E-state index is 12.7. The van der Waals surface area contributed by atoms with Crippen LogP contribution in [0.25, 0.3) is 11.8 Å². The third-order valence-electron chi connectivity index (χ3n) is 3.78. The average molecular weight is 507 g/mol. The number of aryl methyl sites for hydroxylation is 1. The van der Waals surface area contributed by atoms with Crippen molar-refractivity contribution in [2.45, 2.75) is 19.9 Å². The van der Waals surface area contributed by atoms with Gasteiger partial charge in [0, 0.05) is 22.9 Å². The molecular formula is C19H18IN5O2S. The molecular weight excluding hydrogens is 489 g/mol. The molecule has 0 spiro atoms. The number of nitriles is 2. The Morgan fingerprint density at radius 2 is 2.18 bits per heavy atom. The highest BCUT2D eigenvalue weighted by atomic mass is 127. The Balaban J connectivity index is 2.49. The van der Waals surface area contributed by atoms with Crippen molar-refractivity contribution in [2.24, 2.45) is 0 Å². The Labute approximate surface area is 179 Å². The Morgan fingerprint density at radius 3 is 2.82 bits per heavy atom. The standard InChI is InChI=1S/C19H18IN5O2S/c1-2-25-18(27)16(12-24-14-5-3-4-13(10-14)6-7-20)28-19(25)15(11-22)17(26)23-9-8-21/h3-5,10,12,24H,2,6-7,9H2,1H3,(H,23,26)/b16-12+,19-15-. The molecule has 2 aromatic rings. The van der Waals surface area contributed by atoms with Crippen molar-refractivity contribution < 1.29 is 4.79 Å². The average Bonchev–Trinajstić information content (AvgIpc) is 3.01. The molecule has 1 heterocycles. The zero-order valence-corrected chi connectivity index (χ0v) is 18.1. The van der Waals surface area contributed by atoms with E-state index in [1.165, 1.54) is 10.1 Å². The predicted octanol–water partition coefficient (Wildman–Crippen LogP) is 1.07. The van der Waals surface area contributed by atoms with E-state index in [1.54, 1.807) is 19.2 Å². The van der Waals surface area contributed by atoms with Gasteiger partial charge in [-0.15, -0.1) is 11.3 Å². The fourth-order valence-electron chi connectivity index (χ4n) is 2.47. The first kappa shape index (κ1) is 21.7. The summed E-state index contributed by atoms with van der Waals surface area (Å²) in [5, 5.41) is 23.5. The fourth-order valence-corrected chi connectivity index (χ4v) is 4.18. The number of rotatable bonds is 7. The molecule has 0 fully saturated rings. The molecule has 28 heavy (non-hydrogen) atoms. The molecule has 0 saturated carbocycles. The minimum absolute atomic E-state index is 0.178. The molecule has 0 radical (unpaired) electrons. The van der Waals surface area contributed by atoms with Crippen LogP contribution in [0.15, 0.2) is 29.1 Å². The summed E-state index contributed by atoms with van der Waals surface area (Å²) in [4.78, 5) is 24.8. The first-order valence-electron chi connectivity index (χ1n) is 8.46. The lowest BCUT2D eigenvalue weighted by Crippen LogP contribution is -2.34. The van der Waals surface area contributed by atoms with Crippen LogP contribution in [0, 0.1) is 22.7 Å². The second-order valence-corrected chi connectivity index (χ2v) is 7.69. The molecule has 1 aromatic carbocycles. The van der Waals surface area contributed by atoms with Gasteiger partial charge in [0.15, 0.2) is 5.57 Å². The van der Waals surface area contributed by atoms with Gasteiger partial charge in [-0.25, -0.2) is 0 Å². The van der Waals surface area contributed by atoms with E-state index in [0.717, 1.165) is 27.9 Å². The summed E-state index contributed by atoms with van der Waals surface area (Å²) in [5.41, 5.74) is 1.60. The molecule has 2 N–H and O–H groups in total. The largest absolute Gasteiger partial charge is 0.360 e. The van der Waals surface area contributed by atoms with E-state index < -0.39 is 5.91 Å². The number of carbonyl (C=O) groups excluding carboxylic acids is 1. The van der Waals surface area contributed by atoms with Crippen molar-refractivity contribution in [1.29, 1.82) is 10.5 Å². The van der Waals surface area contributed by atoms with E-state index in [2.05, 4.69) is 33.2 Å². The SMILES string of the molecule is CCn1c(=O)/c(=C\Nc2cccc(CCI)c2)s/c1=C(/C#N)C(=O)NCC#N. The number of aromatic nitrogens is 1. The van der Waals surface area contributed by atoms with Crippen LogP contribution in [-0.2, 0) is 17.8 Å². The number of nitrogens with zero attached hydrogens (tertiary/aromatic N) is 3. The van der Waals surface area contributed by atoms with Gasteiger partial charge in [-0.1, -0.05) is 34.7 Å². The quantitative estimate of drug-likeness (QED) is 0.331. The van der Waals surface area contributed by atoms with Crippen LogP contribution in [0.3, 0.4) is 0 Å². The van der Waals surface area contributed by atoms with Crippen LogP contribution < -0.4 is 25.4 Å². The number of halogens is 1. The van der Waals surface area contributed by atoms with Crippen molar-refractivity contribution in [1.82, 2.24) is 9.88 Å². The number of carbonyl (C=O) groups is 1. The van der Waals surface area contributed by atoms with Gasteiger partial charge in [-0.2, -0.15) is 10.5 Å². The Morgan fingerprint density at radius 1 is 1.39 bits per heavy atom. The maximum atomic E-state index is 12.7. The highest BCUT2D eigenvalue weighted by molar-refractivity contribution is 14.1. The second-order valence-electron chi connectivity index (χ2n) is 5.58. The highest BCUT2D eigenvalue weighted by Gasteiger charge is 2.14. The first-order valence-corrected chi connectivity index (χ1v) is 10.8. The smallest absolute Gasteiger partial charge is 0.270 e. The summed E-state index contributed by atoms with van der Waals surface area (Å²) in [5.74, 6) is -0.668. The summed E-state index contributed by atoms with van der Waals surface area (Å²) in [6, 6.07) is 11.6. The summed E-state index contributed by atoms with van der Waals surface area (Å²) in [7, 11) is 0. The van der Waals surface area contributed by atoms with E-state index in [9.17, 15) is 14.9 Å². The van der Waals surface area contributed by atoms with Crippen LogP contribution >= 0.6 is 33.9 Å². The third kappa shape index (κ3) is 5.21. The zero-order valence-electron chi connectivity index (χ0n) is 15.2. The molecule has 0 unspecified atom stereocenters. The van der Waals surface area contributed by atoms with Crippen LogP contribution in [0.1, 0.15) is 12.5 Å². The minimum atomic E-state index is -0.668. The number of hydrogen-bond acceptors (Lipinski definition) is 6. The van der Waals surface area contributed by atoms with Crippen molar-refractivity contribution >= 4 is 57.3 Å². The summed E-state index contributed by atoms with van der Waals surface area (Å²) in [6.45, 7) is 1.88. The van der Waals surface area contributed by atoms with Crippen molar-refractivity contribution in [3.63, 3.8) is 0 Å². The molecule has 7 nitrogen and oxygen atoms in total. The molecule has 2 rings (SSSR count). The van der Waals surface area contributed by atoms with E-state index >= 15 is 0 Å². The van der Waals surface area contributed by atoms with Crippen molar-refractivity contribution in [3.8, 4) is 12.1 Å². The molecule has 0 aliphatic heterocycles.